The van der Waals surface area contributed by atoms with Crippen LogP contribution in [0.1, 0.15) is 36.7 Å². The van der Waals surface area contributed by atoms with E-state index in [4.69, 9.17) is 22.2 Å². The summed E-state index contributed by atoms with van der Waals surface area (Å²) in [7, 11) is 0. The van der Waals surface area contributed by atoms with Gasteiger partial charge in [-0.1, -0.05) is 49.7 Å². The van der Waals surface area contributed by atoms with Crippen LogP contribution >= 0.6 is 23.4 Å². The second-order valence-electron chi connectivity index (χ2n) is 6.53. The third-order valence-corrected chi connectivity index (χ3v) is 4.73. The van der Waals surface area contributed by atoms with E-state index in [-0.39, 0.29) is 11.3 Å². The fourth-order valence-electron chi connectivity index (χ4n) is 1.97. The van der Waals surface area contributed by atoms with Crippen molar-refractivity contribution >= 4 is 35.2 Å². The molecule has 6 heteroatoms. The van der Waals surface area contributed by atoms with Gasteiger partial charge in [-0.3, -0.25) is 0 Å². The molecule has 0 fully saturated rings. The number of amidine groups is 1. The minimum Gasteiger partial charge on any atom is -0.384 e. The number of hydrogen-bond acceptors (Lipinski definition) is 4. The predicted octanol–water partition coefficient (Wildman–Crippen LogP) is 4.86. The number of carbonyl (C=O) groups excluding carboxylic acids is 1. The number of nitrogens with two attached hydrogens (primary N) is 1. The fraction of sp³-hybridized carbons (Fsp3) is 0.263. The molecule has 0 amide bonds. The number of halogens is 1. The highest BCUT2D eigenvalue weighted by molar-refractivity contribution is 8.00. The number of hydrogen-bond donors (Lipinski definition) is 1. The Kier molecular flexibility index (Phi) is 6.51. The molecule has 132 valence electrons. The first-order valence-electron chi connectivity index (χ1n) is 7.78. The summed E-state index contributed by atoms with van der Waals surface area (Å²) in [5.41, 5.74) is 7.40. The Bertz CT molecular complexity index is 750. The van der Waals surface area contributed by atoms with Gasteiger partial charge in [-0.25, -0.2) is 4.79 Å². The number of carbonyl (C=O) groups is 1. The summed E-state index contributed by atoms with van der Waals surface area (Å²) in [6.45, 7) is 6.34. The van der Waals surface area contributed by atoms with Crippen molar-refractivity contribution in [2.75, 3.05) is 5.75 Å². The Morgan fingerprint density at radius 3 is 2.28 bits per heavy atom. The van der Waals surface area contributed by atoms with Crippen molar-refractivity contribution in [1.82, 2.24) is 0 Å². The van der Waals surface area contributed by atoms with Crippen molar-refractivity contribution in [3.63, 3.8) is 0 Å². The molecule has 2 N–H and O–H groups in total. The van der Waals surface area contributed by atoms with Crippen LogP contribution in [0.15, 0.2) is 58.6 Å². The van der Waals surface area contributed by atoms with Gasteiger partial charge in [0.1, 0.15) is 5.84 Å². The van der Waals surface area contributed by atoms with E-state index in [0.717, 1.165) is 10.5 Å². The van der Waals surface area contributed by atoms with Gasteiger partial charge in [0.05, 0.1) is 11.3 Å². The maximum Gasteiger partial charge on any atom is 0.365 e. The number of thioether (sulfide) groups is 1. The van der Waals surface area contributed by atoms with Gasteiger partial charge in [0.2, 0.25) is 0 Å². The first kappa shape index (κ1) is 19.3. The summed E-state index contributed by atoms with van der Waals surface area (Å²) in [5, 5.41) is 4.38. The number of benzene rings is 2. The smallest absolute Gasteiger partial charge is 0.365 e. The van der Waals surface area contributed by atoms with E-state index in [1.165, 1.54) is 11.8 Å². The van der Waals surface area contributed by atoms with Crippen LogP contribution in [0.25, 0.3) is 0 Å². The van der Waals surface area contributed by atoms with Gasteiger partial charge in [-0.05, 0) is 47.4 Å². The lowest BCUT2D eigenvalue weighted by Gasteiger charge is -2.18. The highest BCUT2D eigenvalue weighted by Gasteiger charge is 2.15. The Morgan fingerprint density at radius 1 is 1.12 bits per heavy atom. The van der Waals surface area contributed by atoms with Crippen LogP contribution in [-0.4, -0.2) is 17.6 Å². The van der Waals surface area contributed by atoms with Gasteiger partial charge in [0.25, 0.3) is 0 Å². The van der Waals surface area contributed by atoms with E-state index < -0.39 is 5.97 Å². The molecule has 0 saturated carbocycles. The molecule has 0 aliphatic heterocycles. The number of rotatable bonds is 5. The van der Waals surface area contributed by atoms with Crippen molar-refractivity contribution in [2.45, 2.75) is 31.1 Å². The largest absolute Gasteiger partial charge is 0.384 e. The molecule has 0 aliphatic carbocycles. The van der Waals surface area contributed by atoms with Crippen LogP contribution in [0.2, 0.25) is 5.02 Å². The molecule has 0 saturated heterocycles. The molecule has 2 aromatic carbocycles. The van der Waals surface area contributed by atoms with Crippen molar-refractivity contribution in [2.24, 2.45) is 10.9 Å². The highest BCUT2D eigenvalue weighted by Crippen LogP contribution is 2.22. The predicted molar refractivity (Wildman–Crippen MR) is 104 cm³/mol. The summed E-state index contributed by atoms with van der Waals surface area (Å²) >= 11 is 7.32. The molecule has 25 heavy (non-hydrogen) atoms. The Morgan fingerprint density at radius 2 is 1.72 bits per heavy atom. The second-order valence-corrected chi connectivity index (χ2v) is 8.02. The van der Waals surface area contributed by atoms with E-state index >= 15 is 0 Å². The molecular formula is C19H21ClN2O2S. The Balaban J connectivity index is 1.89. The lowest BCUT2D eigenvalue weighted by Crippen LogP contribution is -2.16. The standard InChI is InChI=1S/C19H21ClN2O2S/c1-19(2,3)14-6-4-13(5-7-14)18(23)24-22-17(21)12-25-16-10-8-15(20)9-11-16/h4-11H,12H2,1-3H3,(H2,21,22). The zero-order valence-corrected chi connectivity index (χ0v) is 16.0. The van der Waals surface area contributed by atoms with Gasteiger partial charge >= 0.3 is 5.97 Å². The third-order valence-electron chi connectivity index (χ3n) is 3.43. The third kappa shape index (κ3) is 6.11. The molecule has 0 spiro atoms. The molecule has 0 aromatic heterocycles. The van der Waals surface area contributed by atoms with Crippen molar-refractivity contribution in [3.8, 4) is 0 Å². The number of oxime groups is 1. The maximum atomic E-state index is 12.0. The minimum absolute atomic E-state index is 0.0317. The average molecular weight is 377 g/mol. The van der Waals surface area contributed by atoms with E-state index in [0.29, 0.717) is 16.3 Å². The quantitative estimate of drug-likeness (QED) is 0.266. The van der Waals surface area contributed by atoms with Crippen molar-refractivity contribution < 1.29 is 9.63 Å². The second kappa shape index (κ2) is 8.41. The van der Waals surface area contributed by atoms with E-state index in [1.54, 1.807) is 24.3 Å². The normalized spacial score (nSPS) is 12.1. The van der Waals surface area contributed by atoms with Crippen LogP contribution in [-0.2, 0) is 10.3 Å². The highest BCUT2D eigenvalue weighted by atomic mass is 35.5. The van der Waals surface area contributed by atoms with Crippen molar-refractivity contribution in [3.05, 3.63) is 64.7 Å². The van der Waals surface area contributed by atoms with Gasteiger partial charge < -0.3 is 10.6 Å². The van der Waals surface area contributed by atoms with Gasteiger partial charge in [-0.2, -0.15) is 0 Å². The molecule has 0 atom stereocenters. The molecule has 0 aliphatic rings. The van der Waals surface area contributed by atoms with E-state index in [1.807, 2.05) is 24.3 Å². The SMILES string of the molecule is CC(C)(C)c1ccc(C(=O)O/N=C(/N)CSc2ccc(Cl)cc2)cc1. The molecule has 0 unspecified atom stereocenters. The summed E-state index contributed by atoms with van der Waals surface area (Å²) in [4.78, 5) is 17.9. The van der Waals surface area contributed by atoms with Crippen LogP contribution in [0, 0.1) is 0 Å². The molecule has 0 heterocycles. The van der Waals surface area contributed by atoms with E-state index in [9.17, 15) is 4.79 Å². The van der Waals surface area contributed by atoms with Gasteiger partial charge in [0.15, 0.2) is 0 Å². The first-order chi connectivity index (χ1) is 11.8. The maximum absolute atomic E-state index is 12.0. The molecular weight excluding hydrogens is 356 g/mol. The first-order valence-corrected chi connectivity index (χ1v) is 9.14. The Hall–Kier alpha value is -1.98. The van der Waals surface area contributed by atoms with Crippen LogP contribution in [0.3, 0.4) is 0 Å². The topological polar surface area (TPSA) is 64.7 Å². The van der Waals surface area contributed by atoms with Crippen LogP contribution < -0.4 is 5.73 Å². The fourth-order valence-corrected chi connectivity index (χ4v) is 2.80. The monoisotopic (exact) mass is 376 g/mol. The molecule has 2 aromatic rings. The summed E-state index contributed by atoms with van der Waals surface area (Å²) in [6, 6.07) is 14.7. The van der Waals surface area contributed by atoms with Crippen LogP contribution in [0.4, 0.5) is 0 Å². The summed E-state index contributed by atoms with van der Waals surface area (Å²) < 4.78 is 0. The molecule has 0 bridgehead atoms. The average Bonchev–Trinajstić information content (AvgIpc) is 2.58. The van der Waals surface area contributed by atoms with Crippen molar-refractivity contribution in [1.29, 1.82) is 0 Å². The summed E-state index contributed by atoms with van der Waals surface area (Å²) in [6.07, 6.45) is 0. The zero-order valence-electron chi connectivity index (χ0n) is 14.5. The zero-order chi connectivity index (χ0) is 18.4. The minimum atomic E-state index is -0.528. The molecule has 0 radical (unpaired) electrons. The molecule has 2 rings (SSSR count). The van der Waals surface area contributed by atoms with Gasteiger partial charge in [-0.15, -0.1) is 11.8 Å². The molecule has 4 nitrogen and oxygen atoms in total. The van der Waals surface area contributed by atoms with Gasteiger partial charge in [0, 0.05) is 9.92 Å². The van der Waals surface area contributed by atoms with E-state index in [2.05, 4.69) is 25.9 Å². The summed E-state index contributed by atoms with van der Waals surface area (Å²) in [5.74, 6) is 0.122. The Labute approximate surface area is 157 Å². The lowest BCUT2D eigenvalue weighted by molar-refractivity contribution is 0.0515. The number of nitrogens with zero attached hydrogens (tertiary/aromatic N) is 1. The lowest BCUT2D eigenvalue weighted by atomic mass is 9.87. The van der Waals surface area contributed by atoms with Crippen LogP contribution in [0.5, 0.6) is 0 Å².